The van der Waals surface area contributed by atoms with E-state index in [1.54, 1.807) is 13.8 Å². The lowest BCUT2D eigenvalue weighted by Crippen LogP contribution is -2.45. The first-order valence-electron chi connectivity index (χ1n) is 8.11. The number of aromatic nitrogens is 2. The Labute approximate surface area is 139 Å². The zero-order valence-electron chi connectivity index (χ0n) is 14.7. The predicted octanol–water partition coefficient (Wildman–Crippen LogP) is 4.73. The first-order valence-corrected chi connectivity index (χ1v) is 8.85. The summed E-state index contributed by atoms with van der Waals surface area (Å²) >= 11 is 1.22. The third-order valence-corrected chi connectivity index (χ3v) is 5.01. The van der Waals surface area contributed by atoms with Gasteiger partial charge in [-0.2, -0.15) is 0 Å². The number of nitrogens with zero attached hydrogens (tertiary/aromatic N) is 2. The average Bonchev–Trinajstić information content (AvgIpc) is 2.44. The van der Waals surface area contributed by atoms with Crippen LogP contribution in [-0.2, 0) is 4.18 Å². The van der Waals surface area contributed by atoms with Crippen LogP contribution in [0.1, 0.15) is 79.0 Å². The summed E-state index contributed by atoms with van der Waals surface area (Å²) in [6, 6.07) is 0. The van der Waals surface area contributed by atoms with E-state index in [0.29, 0.717) is 5.92 Å². The van der Waals surface area contributed by atoms with Gasteiger partial charge < -0.3 is 9.29 Å². The van der Waals surface area contributed by atoms with Crippen molar-refractivity contribution in [1.29, 1.82) is 0 Å². The van der Waals surface area contributed by atoms with Crippen LogP contribution in [0, 0.1) is 0 Å². The van der Waals surface area contributed by atoms with E-state index in [0.717, 1.165) is 36.4 Å². The number of hydrogen-bond donors (Lipinski definition) is 1. The van der Waals surface area contributed by atoms with Gasteiger partial charge in [0.05, 0.1) is 10.5 Å². The second-order valence-corrected chi connectivity index (χ2v) is 7.59. The van der Waals surface area contributed by atoms with E-state index in [4.69, 9.17) is 4.18 Å². The van der Waals surface area contributed by atoms with Gasteiger partial charge in [-0.15, -0.1) is 0 Å². The van der Waals surface area contributed by atoms with Crippen LogP contribution in [0.3, 0.4) is 0 Å². The second-order valence-electron chi connectivity index (χ2n) is 6.79. The van der Waals surface area contributed by atoms with Gasteiger partial charge >= 0.3 is 0 Å². The molecular weight excluding hydrogens is 296 g/mol. The average molecular weight is 327 g/mol. The molecule has 126 valence electrons. The molecule has 0 saturated carbocycles. The van der Waals surface area contributed by atoms with Gasteiger partial charge in [0.25, 0.3) is 0 Å². The van der Waals surface area contributed by atoms with Gasteiger partial charge in [0.1, 0.15) is 11.4 Å². The molecule has 1 aromatic rings. The van der Waals surface area contributed by atoms with E-state index in [9.17, 15) is 5.11 Å². The molecule has 0 aliphatic heterocycles. The van der Waals surface area contributed by atoms with Crippen LogP contribution in [0.25, 0.3) is 0 Å². The molecule has 0 bridgehead atoms. The Morgan fingerprint density at radius 2 is 1.59 bits per heavy atom. The molecule has 1 aromatic heterocycles. The standard InChI is InChI=1S/C17H30N2O2S/c1-7-9-13(10-8-2)15-18-11-14(12-19-15)22-21-17(5,6)16(3,4)20/h11-13,20H,7-10H2,1-6H3. The third-order valence-electron chi connectivity index (χ3n) is 4.11. The van der Waals surface area contributed by atoms with Crippen molar-refractivity contribution in [3.05, 3.63) is 18.2 Å². The topological polar surface area (TPSA) is 55.2 Å². The summed E-state index contributed by atoms with van der Waals surface area (Å²) in [5, 5.41) is 10.1. The van der Waals surface area contributed by atoms with Crippen molar-refractivity contribution in [1.82, 2.24) is 9.97 Å². The van der Waals surface area contributed by atoms with Crippen LogP contribution in [0.5, 0.6) is 0 Å². The normalized spacial score (nSPS) is 12.9. The van der Waals surface area contributed by atoms with Crippen molar-refractivity contribution in [3.63, 3.8) is 0 Å². The van der Waals surface area contributed by atoms with Crippen molar-refractivity contribution in [3.8, 4) is 0 Å². The molecule has 22 heavy (non-hydrogen) atoms. The van der Waals surface area contributed by atoms with E-state index in [1.165, 1.54) is 12.0 Å². The monoisotopic (exact) mass is 326 g/mol. The number of rotatable bonds is 9. The van der Waals surface area contributed by atoms with Gasteiger partial charge in [0.2, 0.25) is 0 Å². The summed E-state index contributed by atoms with van der Waals surface area (Å²) in [6.07, 6.45) is 8.17. The zero-order valence-corrected chi connectivity index (χ0v) is 15.5. The molecule has 0 aromatic carbocycles. The Morgan fingerprint density at radius 1 is 1.09 bits per heavy atom. The van der Waals surface area contributed by atoms with Crippen LogP contribution in [0.4, 0.5) is 0 Å². The molecule has 0 amide bonds. The van der Waals surface area contributed by atoms with E-state index in [2.05, 4.69) is 23.8 Å². The minimum absolute atomic E-state index is 0.447. The van der Waals surface area contributed by atoms with Gasteiger partial charge in [-0.3, -0.25) is 0 Å². The van der Waals surface area contributed by atoms with E-state index in [-0.39, 0.29) is 0 Å². The zero-order chi connectivity index (χ0) is 16.8. The van der Waals surface area contributed by atoms with Crippen molar-refractivity contribution < 1.29 is 9.29 Å². The smallest absolute Gasteiger partial charge is 0.131 e. The van der Waals surface area contributed by atoms with Gasteiger partial charge in [-0.1, -0.05) is 26.7 Å². The molecule has 1 N–H and O–H groups in total. The van der Waals surface area contributed by atoms with Gasteiger partial charge in [-0.25, -0.2) is 9.97 Å². The van der Waals surface area contributed by atoms with Crippen LogP contribution >= 0.6 is 12.0 Å². The summed E-state index contributed by atoms with van der Waals surface area (Å²) < 4.78 is 5.76. The molecule has 4 nitrogen and oxygen atoms in total. The SMILES string of the molecule is CCCC(CCC)c1ncc(SOC(C)(C)C(C)(C)O)cn1. The highest BCUT2D eigenvalue weighted by Crippen LogP contribution is 2.33. The van der Waals surface area contributed by atoms with Crippen LogP contribution in [-0.4, -0.2) is 26.3 Å². The minimum Gasteiger partial charge on any atom is -0.387 e. The summed E-state index contributed by atoms with van der Waals surface area (Å²) in [6.45, 7) is 11.6. The Kier molecular flexibility index (Phi) is 7.29. The molecular formula is C17H30N2O2S. The van der Waals surface area contributed by atoms with Crippen molar-refractivity contribution in [2.45, 2.75) is 89.2 Å². The molecule has 0 atom stereocenters. The molecule has 0 unspecified atom stereocenters. The molecule has 0 fully saturated rings. The summed E-state index contributed by atoms with van der Waals surface area (Å²) in [7, 11) is 0. The highest BCUT2D eigenvalue weighted by atomic mass is 32.2. The van der Waals surface area contributed by atoms with Crippen molar-refractivity contribution in [2.24, 2.45) is 0 Å². The van der Waals surface area contributed by atoms with E-state index >= 15 is 0 Å². The first-order chi connectivity index (χ1) is 10.2. The summed E-state index contributed by atoms with van der Waals surface area (Å²) in [4.78, 5) is 9.86. The fourth-order valence-electron chi connectivity index (χ4n) is 1.93. The van der Waals surface area contributed by atoms with Crippen molar-refractivity contribution >= 4 is 12.0 Å². The molecule has 0 aliphatic rings. The Morgan fingerprint density at radius 3 is 2.00 bits per heavy atom. The van der Waals surface area contributed by atoms with Gasteiger partial charge in [0.15, 0.2) is 0 Å². The largest absolute Gasteiger partial charge is 0.387 e. The Hall–Kier alpha value is -0.650. The fourth-order valence-corrected chi connectivity index (χ4v) is 2.63. The lowest BCUT2D eigenvalue weighted by molar-refractivity contribution is -0.0813. The van der Waals surface area contributed by atoms with Crippen LogP contribution in [0.15, 0.2) is 17.3 Å². The van der Waals surface area contributed by atoms with E-state index in [1.807, 2.05) is 26.2 Å². The maximum absolute atomic E-state index is 10.1. The number of hydrogen-bond acceptors (Lipinski definition) is 5. The number of aliphatic hydroxyl groups is 1. The minimum atomic E-state index is -0.922. The molecule has 1 heterocycles. The molecule has 0 aliphatic carbocycles. The second kappa shape index (κ2) is 8.27. The highest BCUT2D eigenvalue weighted by molar-refractivity contribution is 7.94. The van der Waals surface area contributed by atoms with Gasteiger partial charge in [-0.05, 0) is 40.5 Å². The quantitative estimate of drug-likeness (QED) is 0.665. The highest BCUT2D eigenvalue weighted by Gasteiger charge is 2.37. The summed E-state index contributed by atoms with van der Waals surface area (Å²) in [5.41, 5.74) is -1.59. The fraction of sp³-hybridized carbons (Fsp3) is 0.765. The third kappa shape index (κ3) is 5.52. The lowest BCUT2D eigenvalue weighted by Gasteiger charge is -2.35. The Bertz CT molecular complexity index is 435. The van der Waals surface area contributed by atoms with Crippen LogP contribution in [0.2, 0.25) is 0 Å². The van der Waals surface area contributed by atoms with Gasteiger partial charge in [0, 0.05) is 30.4 Å². The maximum atomic E-state index is 10.1. The van der Waals surface area contributed by atoms with Crippen LogP contribution < -0.4 is 0 Å². The molecule has 1 rings (SSSR count). The predicted molar refractivity (Wildman–Crippen MR) is 91.9 cm³/mol. The Balaban J connectivity index is 2.69. The van der Waals surface area contributed by atoms with Crippen molar-refractivity contribution in [2.75, 3.05) is 0 Å². The molecule has 5 heteroatoms. The lowest BCUT2D eigenvalue weighted by atomic mass is 9.90. The molecule has 0 radical (unpaired) electrons. The van der Waals surface area contributed by atoms with E-state index < -0.39 is 11.2 Å². The molecule has 0 saturated heterocycles. The maximum Gasteiger partial charge on any atom is 0.131 e. The summed E-state index contributed by atoms with van der Waals surface area (Å²) in [5.74, 6) is 1.37. The molecule has 0 spiro atoms. The first kappa shape index (κ1) is 19.4.